The largest absolute Gasteiger partial charge is 0.481 e. The minimum atomic E-state index is -0.821. The lowest BCUT2D eigenvalue weighted by molar-refractivity contribution is -0.136. The number of hydrogen-bond donors (Lipinski definition) is 1. The number of benzene rings is 2. The van der Waals surface area contributed by atoms with Crippen molar-refractivity contribution < 1.29 is 9.90 Å². The summed E-state index contributed by atoms with van der Waals surface area (Å²) in [6, 6.07) is 15.9. The molecule has 1 aromatic heterocycles. The number of hydrogen-bond acceptors (Lipinski definition) is 2. The molecule has 0 unspecified atom stereocenters. The molecule has 0 aliphatic rings. The van der Waals surface area contributed by atoms with Gasteiger partial charge in [0.15, 0.2) is 0 Å². The lowest BCUT2D eigenvalue weighted by Gasteiger charge is -2.08. The summed E-state index contributed by atoms with van der Waals surface area (Å²) in [5, 5.41) is 8.97. The first-order valence-corrected chi connectivity index (χ1v) is 7.95. The number of fused-ring (bicyclic) bond motifs is 1. The quantitative estimate of drug-likeness (QED) is 0.745. The SMILES string of the molecule is CCCCn1c(-c2ccccc2)nc2cc(CC(=O)O)ccc21. The fourth-order valence-corrected chi connectivity index (χ4v) is 2.81. The first-order valence-electron chi connectivity index (χ1n) is 7.95. The molecule has 0 fully saturated rings. The van der Waals surface area contributed by atoms with Crippen LogP contribution in [0.2, 0.25) is 0 Å². The van der Waals surface area contributed by atoms with E-state index in [-0.39, 0.29) is 6.42 Å². The Morgan fingerprint density at radius 2 is 1.96 bits per heavy atom. The molecule has 0 aliphatic heterocycles. The monoisotopic (exact) mass is 308 g/mol. The molecule has 3 rings (SSSR count). The molecule has 4 heteroatoms. The summed E-state index contributed by atoms with van der Waals surface area (Å²) < 4.78 is 2.23. The highest BCUT2D eigenvalue weighted by molar-refractivity contribution is 5.82. The fraction of sp³-hybridized carbons (Fsp3) is 0.263. The van der Waals surface area contributed by atoms with Crippen LogP contribution in [-0.2, 0) is 17.8 Å². The minimum Gasteiger partial charge on any atom is -0.481 e. The first kappa shape index (κ1) is 15.3. The average molecular weight is 308 g/mol. The molecule has 1 N–H and O–H groups in total. The third-order valence-electron chi connectivity index (χ3n) is 3.94. The van der Waals surface area contributed by atoms with Gasteiger partial charge in [-0.25, -0.2) is 4.98 Å². The molecule has 118 valence electrons. The summed E-state index contributed by atoms with van der Waals surface area (Å²) in [5.41, 5.74) is 3.79. The maximum atomic E-state index is 10.9. The summed E-state index contributed by atoms with van der Waals surface area (Å²) in [6.45, 7) is 3.09. The molecule has 0 saturated heterocycles. The first-order chi connectivity index (χ1) is 11.2. The van der Waals surface area contributed by atoms with E-state index in [1.807, 2.05) is 36.4 Å². The van der Waals surface area contributed by atoms with Crippen molar-refractivity contribution in [2.24, 2.45) is 0 Å². The van der Waals surface area contributed by atoms with Gasteiger partial charge in [-0.1, -0.05) is 49.7 Å². The Labute approximate surface area is 135 Å². The van der Waals surface area contributed by atoms with Gasteiger partial charge in [0.05, 0.1) is 17.5 Å². The van der Waals surface area contributed by atoms with Crippen LogP contribution in [0.15, 0.2) is 48.5 Å². The molecule has 3 aromatic rings. The van der Waals surface area contributed by atoms with Gasteiger partial charge >= 0.3 is 5.97 Å². The third-order valence-corrected chi connectivity index (χ3v) is 3.94. The second-order valence-electron chi connectivity index (χ2n) is 5.70. The van der Waals surface area contributed by atoms with Gasteiger partial charge in [-0.15, -0.1) is 0 Å². The number of rotatable bonds is 6. The zero-order valence-electron chi connectivity index (χ0n) is 13.2. The second-order valence-corrected chi connectivity index (χ2v) is 5.70. The van der Waals surface area contributed by atoms with E-state index in [9.17, 15) is 4.79 Å². The van der Waals surface area contributed by atoms with E-state index in [0.29, 0.717) is 0 Å². The molecule has 0 amide bonds. The predicted molar refractivity (Wildman–Crippen MR) is 91.4 cm³/mol. The minimum absolute atomic E-state index is 0.0262. The lowest BCUT2D eigenvalue weighted by Crippen LogP contribution is -2.01. The van der Waals surface area contributed by atoms with Crippen LogP contribution < -0.4 is 0 Å². The molecule has 23 heavy (non-hydrogen) atoms. The van der Waals surface area contributed by atoms with Crippen molar-refractivity contribution in [2.45, 2.75) is 32.7 Å². The van der Waals surface area contributed by atoms with E-state index in [1.54, 1.807) is 0 Å². The number of aliphatic carboxylic acids is 1. The van der Waals surface area contributed by atoms with Crippen molar-refractivity contribution in [1.29, 1.82) is 0 Å². The normalized spacial score (nSPS) is 11.0. The van der Waals surface area contributed by atoms with Gasteiger partial charge in [0.1, 0.15) is 5.82 Å². The van der Waals surface area contributed by atoms with E-state index in [0.717, 1.165) is 47.4 Å². The Balaban J connectivity index is 2.11. The van der Waals surface area contributed by atoms with E-state index in [2.05, 4.69) is 23.6 Å². The van der Waals surface area contributed by atoms with Crippen molar-refractivity contribution in [1.82, 2.24) is 9.55 Å². The number of aromatic nitrogens is 2. The lowest BCUT2D eigenvalue weighted by atomic mass is 10.1. The smallest absolute Gasteiger partial charge is 0.307 e. The maximum Gasteiger partial charge on any atom is 0.307 e. The standard InChI is InChI=1S/C19H20N2O2/c1-2-3-11-21-17-10-9-14(13-18(22)23)12-16(17)20-19(21)15-7-5-4-6-8-15/h4-10,12H,2-3,11,13H2,1H3,(H,22,23). The highest BCUT2D eigenvalue weighted by Gasteiger charge is 2.13. The van der Waals surface area contributed by atoms with Crippen LogP contribution in [0.4, 0.5) is 0 Å². The topological polar surface area (TPSA) is 55.1 Å². The number of imidazole rings is 1. The molecule has 2 aromatic carbocycles. The van der Waals surface area contributed by atoms with E-state index < -0.39 is 5.97 Å². The van der Waals surface area contributed by atoms with Gasteiger partial charge < -0.3 is 9.67 Å². The number of nitrogens with zero attached hydrogens (tertiary/aromatic N) is 2. The molecule has 0 spiro atoms. The summed E-state index contributed by atoms with van der Waals surface area (Å²) in [6.07, 6.45) is 2.23. The summed E-state index contributed by atoms with van der Waals surface area (Å²) in [4.78, 5) is 15.7. The Morgan fingerprint density at radius 3 is 2.65 bits per heavy atom. The zero-order valence-corrected chi connectivity index (χ0v) is 13.2. The number of unbranched alkanes of at least 4 members (excludes halogenated alkanes) is 1. The summed E-state index contributed by atoms with van der Waals surface area (Å²) >= 11 is 0. The third kappa shape index (κ3) is 3.26. The molecule has 1 heterocycles. The molecular formula is C19H20N2O2. The van der Waals surface area contributed by atoms with E-state index >= 15 is 0 Å². The summed E-state index contributed by atoms with van der Waals surface area (Å²) in [7, 11) is 0. The van der Waals surface area contributed by atoms with Crippen molar-refractivity contribution in [3.8, 4) is 11.4 Å². The van der Waals surface area contributed by atoms with Crippen LogP contribution in [0.1, 0.15) is 25.3 Å². The van der Waals surface area contributed by atoms with Gasteiger partial charge in [-0.2, -0.15) is 0 Å². The predicted octanol–water partition coefficient (Wildman–Crippen LogP) is 4.13. The Bertz CT molecular complexity index is 822. The zero-order chi connectivity index (χ0) is 16.2. The number of carbonyl (C=O) groups is 1. The summed E-state index contributed by atoms with van der Waals surface area (Å²) in [5.74, 6) is 0.125. The maximum absolute atomic E-state index is 10.9. The molecule has 0 radical (unpaired) electrons. The Hall–Kier alpha value is -2.62. The number of carboxylic acid groups (broad SMARTS) is 1. The van der Waals surface area contributed by atoms with Crippen LogP contribution in [0.5, 0.6) is 0 Å². The van der Waals surface area contributed by atoms with Crippen LogP contribution >= 0.6 is 0 Å². The van der Waals surface area contributed by atoms with Crippen LogP contribution in [0.25, 0.3) is 22.4 Å². The molecule has 0 aliphatic carbocycles. The second kappa shape index (κ2) is 6.65. The van der Waals surface area contributed by atoms with Gasteiger partial charge in [0.25, 0.3) is 0 Å². The molecule has 0 atom stereocenters. The van der Waals surface area contributed by atoms with Gasteiger partial charge in [0, 0.05) is 12.1 Å². The molecule has 0 saturated carbocycles. The van der Waals surface area contributed by atoms with Crippen molar-refractivity contribution in [3.63, 3.8) is 0 Å². The number of carboxylic acids is 1. The fourth-order valence-electron chi connectivity index (χ4n) is 2.81. The van der Waals surface area contributed by atoms with E-state index in [4.69, 9.17) is 10.1 Å². The Morgan fingerprint density at radius 1 is 1.17 bits per heavy atom. The van der Waals surface area contributed by atoms with Gasteiger partial charge in [-0.3, -0.25) is 4.79 Å². The molecule has 4 nitrogen and oxygen atoms in total. The molecular weight excluding hydrogens is 288 g/mol. The van der Waals surface area contributed by atoms with Crippen LogP contribution in [-0.4, -0.2) is 20.6 Å². The highest BCUT2D eigenvalue weighted by Crippen LogP contribution is 2.26. The molecule has 0 bridgehead atoms. The van der Waals surface area contributed by atoms with Crippen molar-refractivity contribution in [2.75, 3.05) is 0 Å². The van der Waals surface area contributed by atoms with Gasteiger partial charge in [0.2, 0.25) is 0 Å². The van der Waals surface area contributed by atoms with Crippen LogP contribution in [0.3, 0.4) is 0 Å². The van der Waals surface area contributed by atoms with Crippen molar-refractivity contribution >= 4 is 17.0 Å². The Kier molecular flexibility index (Phi) is 4.42. The highest BCUT2D eigenvalue weighted by atomic mass is 16.4. The van der Waals surface area contributed by atoms with E-state index in [1.165, 1.54) is 0 Å². The van der Waals surface area contributed by atoms with Crippen molar-refractivity contribution in [3.05, 3.63) is 54.1 Å². The average Bonchev–Trinajstić information content (AvgIpc) is 2.91. The van der Waals surface area contributed by atoms with Crippen LogP contribution in [0, 0.1) is 0 Å². The van der Waals surface area contributed by atoms with Gasteiger partial charge in [-0.05, 0) is 24.1 Å². The number of aryl methyl sites for hydroxylation is 1.